The van der Waals surface area contributed by atoms with Crippen molar-refractivity contribution in [2.45, 2.75) is 6.54 Å². The second-order valence-corrected chi connectivity index (χ2v) is 6.78. The van der Waals surface area contributed by atoms with Crippen molar-refractivity contribution in [3.63, 3.8) is 0 Å². The molecule has 5 rings (SSSR count). The topological polar surface area (TPSA) is 94.3 Å². The van der Waals surface area contributed by atoms with Crippen LogP contribution in [0.3, 0.4) is 0 Å². The van der Waals surface area contributed by atoms with E-state index in [1.165, 1.54) is 12.1 Å². The van der Waals surface area contributed by atoms with E-state index in [0.29, 0.717) is 48.5 Å². The van der Waals surface area contributed by atoms with E-state index in [9.17, 15) is 4.39 Å². The number of benzene rings is 2. The van der Waals surface area contributed by atoms with Gasteiger partial charge in [-0.15, -0.1) is 5.10 Å². The maximum absolute atomic E-state index is 13.4. The normalized spacial score (nSPS) is 12.4. The molecule has 8 nitrogen and oxygen atoms in total. The second kappa shape index (κ2) is 8.31. The minimum atomic E-state index is -0.285. The molecule has 0 aliphatic carbocycles. The molecule has 2 aromatic carbocycles. The standard InChI is InChI=1S/C22H18FN5O3/c23-15-4-1-3-14(11-15)13-25-20-17(5-2-8-24-20)21-27-28-22(31-21)26-16-6-7-18-19(12-16)30-10-9-29-18/h1-8,11-12H,9-10,13H2,(H,24,25)(H,26,28). The molecule has 0 fully saturated rings. The highest BCUT2D eigenvalue weighted by atomic mass is 19.1. The Morgan fingerprint density at radius 2 is 1.84 bits per heavy atom. The number of pyridine rings is 1. The zero-order chi connectivity index (χ0) is 21.0. The van der Waals surface area contributed by atoms with Crippen molar-refractivity contribution in [2.75, 3.05) is 23.8 Å². The van der Waals surface area contributed by atoms with Gasteiger partial charge in [0.15, 0.2) is 11.5 Å². The molecule has 0 atom stereocenters. The van der Waals surface area contributed by atoms with Gasteiger partial charge in [-0.1, -0.05) is 17.2 Å². The van der Waals surface area contributed by atoms with Crippen molar-refractivity contribution >= 4 is 17.5 Å². The molecule has 156 valence electrons. The summed E-state index contributed by atoms with van der Waals surface area (Å²) in [6.07, 6.45) is 1.65. The van der Waals surface area contributed by atoms with Gasteiger partial charge in [-0.25, -0.2) is 9.37 Å². The Bertz CT molecular complexity index is 1210. The summed E-state index contributed by atoms with van der Waals surface area (Å²) in [5.41, 5.74) is 2.17. The lowest BCUT2D eigenvalue weighted by Crippen LogP contribution is -2.15. The molecule has 0 spiro atoms. The first-order valence-corrected chi connectivity index (χ1v) is 9.68. The molecule has 0 unspecified atom stereocenters. The number of halogens is 1. The van der Waals surface area contributed by atoms with Gasteiger partial charge in [0.2, 0.25) is 0 Å². The van der Waals surface area contributed by atoms with E-state index in [2.05, 4.69) is 25.8 Å². The first-order valence-electron chi connectivity index (χ1n) is 9.68. The van der Waals surface area contributed by atoms with Gasteiger partial charge in [0.25, 0.3) is 5.89 Å². The largest absolute Gasteiger partial charge is 0.486 e. The third kappa shape index (κ3) is 4.25. The van der Waals surface area contributed by atoms with Crippen LogP contribution in [0.2, 0.25) is 0 Å². The highest BCUT2D eigenvalue weighted by molar-refractivity contribution is 5.69. The van der Waals surface area contributed by atoms with Gasteiger partial charge in [-0.05, 0) is 42.0 Å². The molecular weight excluding hydrogens is 401 g/mol. The molecule has 3 heterocycles. The second-order valence-electron chi connectivity index (χ2n) is 6.78. The van der Waals surface area contributed by atoms with Gasteiger partial charge in [0.1, 0.15) is 24.8 Å². The summed E-state index contributed by atoms with van der Waals surface area (Å²) in [5, 5.41) is 14.5. The molecule has 1 aliphatic rings. The molecular formula is C22H18FN5O3. The number of aromatic nitrogens is 3. The molecule has 1 aliphatic heterocycles. The van der Waals surface area contributed by atoms with E-state index in [0.717, 1.165) is 11.3 Å². The zero-order valence-electron chi connectivity index (χ0n) is 16.3. The minimum Gasteiger partial charge on any atom is -0.486 e. The zero-order valence-corrected chi connectivity index (χ0v) is 16.3. The van der Waals surface area contributed by atoms with Gasteiger partial charge in [-0.3, -0.25) is 0 Å². The first kappa shape index (κ1) is 18.9. The monoisotopic (exact) mass is 419 g/mol. The van der Waals surface area contributed by atoms with E-state index in [1.54, 1.807) is 18.3 Å². The fourth-order valence-corrected chi connectivity index (χ4v) is 3.18. The third-order valence-corrected chi connectivity index (χ3v) is 4.61. The van der Waals surface area contributed by atoms with E-state index in [1.807, 2.05) is 30.3 Å². The van der Waals surface area contributed by atoms with Crippen LogP contribution in [0.25, 0.3) is 11.5 Å². The summed E-state index contributed by atoms with van der Waals surface area (Å²) in [7, 11) is 0. The number of nitrogens with zero attached hydrogens (tertiary/aromatic N) is 3. The van der Waals surface area contributed by atoms with E-state index < -0.39 is 0 Å². The Balaban J connectivity index is 1.33. The summed E-state index contributed by atoms with van der Waals surface area (Å²) in [4.78, 5) is 4.35. The fraction of sp³-hybridized carbons (Fsp3) is 0.136. The molecule has 0 saturated carbocycles. The predicted octanol–water partition coefficient (Wildman–Crippen LogP) is 4.40. The molecule has 0 amide bonds. The Morgan fingerprint density at radius 3 is 2.74 bits per heavy atom. The highest BCUT2D eigenvalue weighted by Gasteiger charge is 2.16. The summed E-state index contributed by atoms with van der Waals surface area (Å²) >= 11 is 0. The van der Waals surface area contributed by atoms with Crippen LogP contribution in [-0.4, -0.2) is 28.4 Å². The third-order valence-electron chi connectivity index (χ3n) is 4.61. The Morgan fingerprint density at radius 1 is 0.935 bits per heavy atom. The maximum Gasteiger partial charge on any atom is 0.320 e. The van der Waals surface area contributed by atoms with Crippen molar-refractivity contribution in [1.29, 1.82) is 0 Å². The summed E-state index contributed by atoms with van der Waals surface area (Å²) in [6, 6.07) is 15.7. The maximum atomic E-state index is 13.4. The Labute approximate surface area is 177 Å². The summed E-state index contributed by atoms with van der Waals surface area (Å²) in [6.45, 7) is 1.44. The van der Waals surface area contributed by atoms with Gasteiger partial charge in [-0.2, -0.15) is 0 Å². The number of hydrogen-bond acceptors (Lipinski definition) is 8. The summed E-state index contributed by atoms with van der Waals surface area (Å²) in [5.74, 6) is 1.93. The first-order chi connectivity index (χ1) is 15.2. The quantitative estimate of drug-likeness (QED) is 0.475. The lowest BCUT2D eigenvalue weighted by Gasteiger charge is -2.18. The molecule has 4 aromatic rings. The van der Waals surface area contributed by atoms with Crippen LogP contribution in [0.15, 0.2) is 65.2 Å². The van der Waals surface area contributed by atoms with E-state index >= 15 is 0 Å². The molecule has 31 heavy (non-hydrogen) atoms. The smallest absolute Gasteiger partial charge is 0.320 e. The van der Waals surface area contributed by atoms with Crippen LogP contribution in [0.5, 0.6) is 11.5 Å². The fourth-order valence-electron chi connectivity index (χ4n) is 3.18. The van der Waals surface area contributed by atoms with Crippen molar-refractivity contribution in [3.8, 4) is 23.0 Å². The molecule has 0 radical (unpaired) electrons. The molecule has 0 saturated heterocycles. The van der Waals surface area contributed by atoms with E-state index in [-0.39, 0.29) is 11.8 Å². The number of fused-ring (bicyclic) bond motifs is 1. The Hall–Kier alpha value is -4.14. The van der Waals surface area contributed by atoms with Gasteiger partial charge >= 0.3 is 6.01 Å². The number of rotatable bonds is 6. The highest BCUT2D eigenvalue weighted by Crippen LogP contribution is 2.34. The predicted molar refractivity (Wildman–Crippen MR) is 112 cm³/mol. The van der Waals surface area contributed by atoms with E-state index in [4.69, 9.17) is 13.9 Å². The van der Waals surface area contributed by atoms with Crippen molar-refractivity contribution in [2.24, 2.45) is 0 Å². The van der Waals surface area contributed by atoms with Crippen LogP contribution < -0.4 is 20.1 Å². The lowest BCUT2D eigenvalue weighted by molar-refractivity contribution is 0.171. The SMILES string of the molecule is Fc1cccc(CNc2ncccc2-c2nnc(Nc3ccc4c(c3)OCCO4)o2)c1. The number of hydrogen-bond donors (Lipinski definition) is 2. The molecule has 2 aromatic heterocycles. The molecule has 9 heteroatoms. The van der Waals surface area contributed by atoms with Crippen LogP contribution in [0, 0.1) is 5.82 Å². The number of ether oxygens (including phenoxy) is 2. The Kier molecular flexibility index (Phi) is 5.05. The number of nitrogens with one attached hydrogen (secondary N) is 2. The minimum absolute atomic E-state index is 0.228. The van der Waals surface area contributed by atoms with Gasteiger partial charge in [0, 0.05) is 24.5 Å². The molecule has 0 bridgehead atoms. The van der Waals surface area contributed by atoms with Crippen LogP contribution in [-0.2, 0) is 6.54 Å². The van der Waals surface area contributed by atoms with Crippen LogP contribution >= 0.6 is 0 Å². The van der Waals surface area contributed by atoms with Gasteiger partial charge in [0.05, 0.1) is 5.56 Å². The number of anilines is 3. The van der Waals surface area contributed by atoms with Crippen molar-refractivity contribution in [1.82, 2.24) is 15.2 Å². The average molecular weight is 419 g/mol. The van der Waals surface area contributed by atoms with Gasteiger partial charge < -0.3 is 24.5 Å². The summed E-state index contributed by atoms with van der Waals surface area (Å²) < 4.78 is 30.3. The average Bonchev–Trinajstić information content (AvgIpc) is 3.26. The van der Waals surface area contributed by atoms with Crippen molar-refractivity contribution in [3.05, 3.63) is 72.2 Å². The molecule has 2 N–H and O–H groups in total. The van der Waals surface area contributed by atoms with Crippen LogP contribution in [0.4, 0.5) is 21.9 Å². The van der Waals surface area contributed by atoms with Crippen LogP contribution in [0.1, 0.15) is 5.56 Å². The van der Waals surface area contributed by atoms with Crippen molar-refractivity contribution < 1.29 is 18.3 Å². The lowest BCUT2D eigenvalue weighted by atomic mass is 10.2.